The average Bonchev–Trinajstić information content (AvgIpc) is 1.85. The van der Waals surface area contributed by atoms with E-state index >= 15 is 0 Å². The second-order valence-corrected chi connectivity index (χ2v) is 1.51. The highest BCUT2D eigenvalue weighted by Gasteiger charge is 2.05. The number of aliphatic hydroxyl groups is 1. The molecule has 3 nitrogen and oxygen atoms in total. The molecule has 1 heterocycles. The maximum Gasteiger partial charge on any atom is 0.144 e. The third-order valence-corrected chi connectivity index (χ3v) is 0.844. The number of aliphatic hydroxyl groups excluding tert-OH is 1. The highest BCUT2D eigenvalue weighted by Crippen LogP contribution is 2.10. The van der Waals surface area contributed by atoms with Crippen LogP contribution in [0.25, 0.3) is 0 Å². The van der Waals surface area contributed by atoms with Crippen LogP contribution in [0.15, 0.2) is 29.1 Å². The highest BCUT2D eigenvalue weighted by molar-refractivity contribution is 5.95. The quantitative estimate of drug-likeness (QED) is 0.471. The van der Waals surface area contributed by atoms with Gasteiger partial charge in [-0.1, -0.05) is 6.58 Å². The van der Waals surface area contributed by atoms with Gasteiger partial charge >= 0.3 is 0 Å². The number of amidine groups is 1. The van der Waals surface area contributed by atoms with E-state index in [1.165, 1.54) is 6.08 Å². The van der Waals surface area contributed by atoms with E-state index in [4.69, 9.17) is 10.8 Å². The minimum atomic E-state index is 0.0579. The molecule has 0 aliphatic carbocycles. The Hall–Kier alpha value is -1.25. The summed E-state index contributed by atoms with van der Waals surface area (Å²) in [6.07, 6.45) is 1.36. The fourth-order valence-corrected chi connectivity index (χ4v) is 0.469. The average molecular weight is 110 g/mol. The summed E-state index contributed by atoms with van der Waals surface area (Å²) in [7, 11) is 0. The molecular weight excluding hydrogens is 104 g/mol. The van der Waals surface area contributed by atoms with Crippen LogP contribution in [-0.2, 0) is 0 Å². The molecule has 0 bridgehead atoms. The van der Waals surface area contributed by atoms with E-state index < -0.39 is 0 Å². The summed E-state index contributed by atoms with van der Waals surface area (Å²) in [5.74, 6) is 0.370. The summed E-state index contributed by atoms with van der Waals surface area (Å²) >= 11 is 0. The van der Waals surface area contributed by atoms with Gasteiger partial charge in [0.05, 0.1) is 0 Å². The van der Waals surface area contributed by atoms with E-state index in [2.05, 4.69) is 11.6 Å². The molecule has 0 atom stereocenters. The Balaban J connectivity index is 2.95. The zero-order valence-electron chi connectivity index (χ0n) is 4.26. The SMILES string of the molecule is C=C1N=C(N)C=C1O. The van der Waals surface area contributed by atoms with Crippen molar-refractivity contribution < 1.29 is 5.11 Å². The lowest BCUT2D eigenvalue weighted by atomic mass is 10.4. The number of aliphatic imine (C=N–C) groups is 1. The minimum absolute atomic E-state index is 0.0579. The number of hydrogen-bond donors (Lipinski definition) is 2. The topological polar surface area (TPSA) is 58.6 Å². The Morgan fingerprint density at radius 3 is 2.50 bits per heavy atom. The lowest BCUT2D eigenvalue weighted by molar-refractivity contribution is 0.426. The van der Waals surface area contributed by atoms with Gasteiger partial charge in [-0.3, -0.25) is 0 Å². The Morgan fingerprint density at radius 2 is 2.38 bits per heavy atom. The Morgan fingerprint density at radius 1 is 1.75 bits per heavy atom. The maximum atomic E-state index is 8.74. The highest BCUT2D eigenvalue weighted by atomic mass is 16.3. The molecule has 0 saturated heterocycles. The maximum absolute atomic E-state index is 8.74. The van der Waals surface area contributed by atoms with Crippen LogP contribution >= 0.6 is 0 Å². The van der Waals surface area contributed by atoms with Crippen LogP contribution < -0.4 is 5.73 Å². The van der Waals surface area contributed by atoms with Crippen molar-refractivity contribution >= 4 is 5.84 Å². The van der Waals surface area contributed by atoms with Gasteiger partial charge in [0.15, 0.2) is 0 Å². The molecule has 0 aromatic rings. The van der Waals surface area contributed by atoms with Gasteiger partial charge in [-0.25, -0.2) is 4.99 Å². The summed E-state index contributed by atoms with van der Waals surface area (Å²) in [6.45, 7) is 3.40. The first-order chi connectivity index (χ1) is 3.70. The van der Waals surface area contributed by atoms with Crippen LogP contribution in [0.1, 0.15) is 0 Å². The zero-order valence-corrected chi connectivity index (χ0v) is 4.26. The van der Waals surface area contributed by atoms with Gasteiger partial charge in [0.1, 0.15) is 17.3 Å². The lowest BCUT2D eigenvalue weighted by Crippen LogP contribution is -2.03. The van der Waals surface area contributed by atoms with Gasteiger partial charge in [-0.05, 0) is 0 Å². The van der Waals surface area contributed by atoms with Crippen LogP contribution in [0.3, 0.4) is 0 Å². The lowest BCUT2D eigenvalue weighted by Gasteiger charge is -1.84. The Bertz CT molecular complexity index is 188. The van der Waals surface area contributed by atoms with Gasteiger partial charge in [0.2, 0.25) is 0 Å². The third-order valence-electron chi connectivity index (χ3n) is 0.844. The molecule has 0 fully saturated rings. The van der Waals surface area contributed by atoms with Crippen molar-refractivity contribution in [2.75, 3.05) is 0 Å². The molecule has 0 unspecified atom stereocenters. The molecule has 1 rings (SSSR count). The first-order valence-corrected chi connectivity index (χ1v) is 2.14. The summed E-state index contributed by atoms with van der Waals surface area (Å²) in [5, 5.41) is 8.74. The third kappa shape index (κ3) is 0.578. The van der Waals surface area contributed by atoms with Gasteiger partial charge < -0.3 is 10.8 Å². The number of nitrogens with two attached hydrogens (primary N) is 1. The molecule has 8 heavy (non-hydrogen) atoms. The van der Waals surface area contributed by atoms with Crippen molar-refractivity contribution in [1.82, 2.24) is 0 Å². The van der Waals surface area contributed by atoms with Crippen molar-refractivity contribution in [2.24, 2.45) is 10.7 Å². The van der Waals surface area contributed by atoms with E-state index in [1.807, 2.05) is 0 Å². The van der Waals surface area contributed by atoms with Gasteiger partial charge in [0.25, 0.3) is 0 Å². The van der Waals surface area contributed by atoms with E-state index in [-0.39, 0.29) is 5.76 Å². The largest absolute Gasteiger partial charge is 0.506 e. The summed E-state index contributed by atoms with van der Waals surface area (Å²) in [5.41, 5.74) is 5.50. The molecule has 1 aliphatic rings. The van der Waals surface area contributed by atoms with Crippen LogP contribution in [0.2, 0.25) is 0 Å². The van der Waals surface area contributed by atoms with Crippen LogP contribution in [-0.4, -0.2) is 10.9 Å². The number of nitrogens with zero attached hydrogens (tertiary/aromatic N) is 1. The standard InChI is InChI=1S/C5H6N2O/c1-3-4(8)2-5(6)7-3/h2,8H,1H2,(H2,6,7). The smallest absolute Gasteiger partial charge is 0.144 e. The van der Waals surface area contributed by atoms with Crippen molar-refractivity contribution in [2.45, 2.75) is 0 Å². The molecule has 0 amide bonds. The number of hydrogen-bond acceptors (Lipinski definition) is 3. The van der Waals surface area contributed by atoms with Crippen LogP contribution in [0, 0.1) is 0 Å². The first-order valence-electron chi connectivity index (χ1n) is 2.14. The van der Waals surface area contributed by atoms with Crippen molar-refractivity contribution in [3.05, 3.63) is 24.1 Å². The molecule has 0 spiro atoms. The normalized spacial score (nSPS) is 18.2. The van der Waals surface area contributed by atoms with E-state index in [1.54, 1.807) is 0 Å². The monoisotopic (exact) mass is 110 g/mol. The Kier molecular flexibility index (Phi) is 0.836. The molecule has 3 heteroatoms. The van der Waals surface area contributed by atoms with Crippen LogP contribution in [0.5, 0.6) is 0 Å². The predicted molar refractivity (Wildman–Crippen MR) is 31.5 cm³/mol. The summed E-state index contributed by atoms with van der Waals surface area (Å²) in [4.78, 5) is 3.63. The molecular formula is C5H6N2O. The van der Waals surface area contributed by atoms with E-state index in [9.17, 15) is 0 Å². The molecule has 0 aromatic heterocycles. The number of rotatable bonds is 0. The van der Waals surface area contributed by atoms with Gasteiger partial charge in [-0.15, -0.1) is 0 Å². The zero-order chi connectivity index (χ0) is 6.15. The fourth-order valence-electron chi connectivity index (χ4n) is 0.469. The van der Waals surface area contributed by atoms with Crippen LogP contribution in [0.4, 0.5) is 0 Å². The molecule has 0 saturated carbocycles. The van der Waals surface area contributed by atoms with Crippen molar-refractivity contribution in [3.8, 4) is 0 Å². The summed E-state index contributed by atoms with van der Waals surface area (Å²) < 4.78 is 0. The van der Waals surface area contributed by atoms with E-state index in [0.717, 1.165) is 0 Å². The molecule has 0 radical (unpaired) electrons. The molecule has 42 valence electrons. The van der Waals surface area contributed by atoms with Crippen molar-refractivity contribution in [1.29, 1.82) is 0 Å². The second kappa shape index (κ2) is 1.36. The van der Waals surface area contributed by atoms with Gasteiger partial charge in [-0.2, -0.15) is 0 Å². The van der Waals surface area contributed by atoms with E-state index in [0.29, 0.717) is 11.5 Å². The first kappa shape index (κ1) is 4.90. The van der Waals surface area contributed by atoms with Crippen molar-refractivity contribution in [3.63, 3.8) is 0 Å². The minimum Gasteiger partial charge on any atom is -0.506 e. The summed E-state index contributed by atoms with van der Waals surface area (Å²) in [6, 6.07) is 0. The molecule has 0 aromatic carbocycles. The second-order valence-electron chi connectivity index (χ2n) is 1.51. The van der Waals surface area contributed by atoms with Gasteiger partial charge in [0, 0.05) is 6.08 Å². The fraction of sp³-hybridized carbons (Fsp3) is 0. The molecule has 1 aliphatic heterocycles. The Labute approximate surface area is 46.8 Å². The predicted octanol–water partition coefficient (Wildman–Crippen LogP) is 0.313. The molecule has 3 N–H and O–H groups in total.